The third-order valence-corrected chi connectivity index (χ3v) is 3.68. The molecule has 0 bridgehead atoms. The molecule has 0 unspecified atom stereocenters. The van der Waals surface area contributed by atoms with E-state index in [1.54, 1.807) is 24.3 Å². The van der Waals surface area contributed by atoms with Gasteiger partial charge in [0.05, 0.1) is 22.8 Å². The van der Waals surface area contributed by atoms with E-state index in [1.807, 2.05) is 6.92 Å². The number of rotatable bonds is 1. The number of fused-ring (bicyclic) bond motifs is 1. The van der Waals surface area contributed by atoms with Crippen molar-refractivity contribution < 1.29 is 14.7 Å². The van der Waals surface area contributed by atoms with Gasteiger partial charge in [0.1, 0.15) is 0 Å². The van der Waals surface area contributed by atoms with E-state index in [2.05, 4.69) is 0 Å². The van der Waals surface area contributed by atoms with Crippen LogP contribution in [-0.4, -0.2) is 33.5 Å². The first-order valence-corrected chi connectivity index (χ1v) is 5.69. The number of benzene rings is 1. The molecule has 1 N–H and O–H groups in total. The highest BCUT2D eigenvalue weighted by molar-refractivity contribution is 6.21. The molecule has 3 rings (SSSR count). The minimum Gasteiger partial charge on any atom is -0.393 e. The molecule has 1 aromatic carbocycles. The number of hydrogen-bond acceptors (Lipinski definition) is 3. The minimum atomic E-state index is -0.521. The molecular weight excluding hydrogens is 218 g/mol. The van der Waals surface area contributed by atoms with Crippen molar-refractivity contribution in [2.24, 2.45) is 0 Å². The van der Waals surface area contributed by atoms with Gasteiger partial charge < -0.3 is 5.11 Å². The summed E-state index contributed by atoms with van der Waals surface area (Å²) in [6.07, 6.45) is 0.543. The third kappa shape index (κ3) is 1.27. The van der Waals surface area contributed by atoms with E-state index in [-0.39, 0.29) is 11.8 Å². The minimum absolute atomic E-state index is 0.236. The first-order chi connectivity index (χ1) is 8.03. The van der Waals surface area contributed by atoms with Gasteiger partial charge in [0.25, 0.3) is 11.8 Å². The molecule has 1 aliphatic heterocycles. The summed E-state index contributed by atoms with van der Waals surface area (Å²) in [5.74, 6) is -0.472. The summed E-state index contributed by atoms with van der Waals surface area (Å²) in [5.41, 5.74) is 0.423. The van der Waals surface area contributed by atoms with Crippen LogP contribution in [0.1, 0.15) is 40.5 Å². The zero-order valence-corrected chi connectivity index (χ0v) is 9.51. The summed E-state index contributed by atoms with van der Waals surface area (Å²) in [4.78, 5) is 25.7. The van der Waals surface area contributed by atoms with E-state index >= 15 is 0 Å². The van der Waals surface area contributed by atoms with E-state index in [0.717, 1.165) is 0 Å². The Balaban J connectivity index is 2.01. The molecule has 2 amide bonds. The molecule has 88 valence electrons. The number of carbonyl (C=O) groups is 2. The van der Waals surface area contributed by atoms with Crippen molar-refractivity contribution in [3.8, 4) is 0 Å². The molecule has 0 spiro atoms. The van der Waals surface area contributed by atoms with Crippen molar-refractivity contribution in [1.29, 1.82) is 0 Å². The molecule has 4 nitrogen and oxygen atoms in total. The summed E-state index contributed by atoms with van der Waals surface area (Å²) in [7, 11) is 0. The maximum absolute atomic E-state index is 12.2. The predicted octanol–water partition coefficient (Wildman–Crippen LogP) is 1.20. The van der Waals surface area contributed by atoms with Gasteiger partial charge in [-0.1, -0.05) is 12.1 Å². The normalized spacial score (nSPS) is 31.4. The van der Waals surface area contributed by atoms with Gasteiger partial charge in [-0.05, 0) is 31.9 Å². The Morgan fingerprint density at radius 2 is 1.65 bits per heavy atom. The maximum Gasteiger partial charge on any atom is 0.262 e. The summed E-state index contributed by atoms with van der Waals surface area (Å²) in [6, 6.07) is 6.86. The van der Waals surface area contributed by atoms with Gasteiger partial charge in [0.15, 0.2) is 0 Å². The van der Waals surface area contributed by atoms with Crippen LogP contribution in [0.4, 0.5) is 0 Å². The lowest BCUT2D eigenvalue weighted by Crippen LogP contribution is -2.59. The largest absolute Gasteiger partial charge is 0.393 e. The summed E-state index contributed by atoms with van der Waals surface area (Å²) in [6.45, 7) is 1.85. The van der Waals surface area contributed by atoms with E-state index in [0.29, 0.717) is 24.0 Å². The van der Waals surface area contributed by atoms with Gasteiger partial charge in [-0.2, -0.15) is 0 Å². The van der Waals surface area contributed by atoms with Crippen LogP contribution in [0.5, 0.6) is 0 Å². The van der Waals surface area contributed by atoms with Gasteiger partial charge in [-0.3, -0.25) is 14.5 Å². The number of aliphatic hydroxyl groups is 1. The van der Waals surface area contributed by atoms with Crippen LogP contribution in [0, 0.1) is 0 Å². The first-order valence-electron chi connectivity index (χ1n) is 5.69. The van der Waals surface area contributed by atoms with Gasteiger partial charge in [-0.25, -0.2) is 0 Å². The van der Waals surface area contributed by atoms with Crippen molar-refractivity contribution in [1.82, 2.24) is 4.90 Å². The highest BCUT2D eigenvalue weighted by Gasteiger charge is 2.52. The van der Waals surface area contributed by atoms with Crippen LogP contribution >= 0.6 is 0 Å². The SMILES string of the molecule is CC1(N2C(=O)c3ccccc3C2=O)CC(O)C1. The molecule has 1 heterocycles. The lowest BCUT2D eigenvalue weighted by molar-refractivity contribution is -0.0375. The average Bonchev–Trinajstić information content (AvgIpc) is 2.51. The van der Waals surface area contributed by atoms with Crippen molar-refractivity contribution in [3.05, 3.63) is 35.4 Å². The zero-order valence-electron chi connectivity index (χ0n) is 9.51. The molecule has 17 heavy (non-hydrogen) atoms. The average molecular weight is 231 g/mol. The molecule has 1 fully saturated rings. The molecule has 1 aromatic rings. The Morgan fingerprint density at radius 1 is 1.18 bits per heavy atom. The fourth-order valence-electron chi connectivity index (χ4n) is 2.82. The molecule has 4 heteroatoms. The van der Waals surface area contributed by atoms with Crippen LogP contribution in [-0.2, 0) is 0 Å². The number of nitrogens with zero attached hydrogens (tertiary/aromatic N) is 1. The van der Waals surface area contributed by atoms with Crippen molar-refractivity contribution in [2.75, 3.05) is 0 Å². The number of hydrogen-bond donors (Lipinski definition) is 1. The highest BCUT2D eigenvalue weighted by Crippen LogP contribution is 2.41. The monoisotopic (exact) mass is 231 g/mol. The van der Waals surface area contributed by atoms with E-state index < -0.39 is 11.6 Å². The molecular formula is C13H13NO3. The summed E-state index contributed by atoms with van der Waals surface area (Å²) in [5, 5.41) is 9.38. The van der Waals surface area contributed by atoms with Gasteiger partial charge in [-0.15, -0.1) is 0 Å². The van der Waals surface area contributed by atoms with Gasteiger partial charge >= 0.3 is 0 Å². The molecule has 0 atom stereocenters. The van der Waals surface area contributed by atoms with Gasteiger partial charge in [0.2, 0.25) is 0 Å². The van der Waals surface area contributed by atoms with Crippen molar-refractivity contribution >= 4 is 11.8 Å². The topological polar surface area (TPSA) is 57.6 Å². The lowest BCUT2D eigenvalue weighted by atomic mass is 9.74. The Hall–Kier alpha value is -1.68. The molecule has 0 radical (unpaired) electrons. The van der Waals surface area contributed by atoms with Crippen LogP contribution in [0.2, 0.25) is 0 Å². The molecule has 1 aliphatic carbocycles. The highest BCUT2D eigenvalue weighted by atomic mass is 16.3. The standard InChI is InChI=1S/C13H13NO3/c1-13(6-8(15)7-13)14-11(16)9-4-2-3-5-10(9)12(14)17/h2-5,8,15H,6-7H2,1H3. The predicted molar refractivity (Wildman–Crippen MR) is 60.6 cm³/mol. The Labute approximate surface area is 98.9 Å². The second kappa shape index (κ2) is 3.17. The van der Waals surface area contributed by atoms with Crippen LogP contribution in [0.25, 0.3) is 0 Å². The fourth-order valence-corrected chi connectivity index (χ4v) is 2.82. The maximum atomic E-state index is 12.2. The number of aliphatic hydroxyl groups excluding tert-OH is 1. The second-order valence-corrected chi connectivity index (χ2v) is 5.05. The van der Waals surface area contributed by atoms with Crippen molar-refractivity contribution in [2.45, 2.75) is 31.4 Å². The van der Waals surface area contributed by atoms with E-state index in [9.17, 15) is 14.7 Å². The molecule has 1 saturated carbocycles. The van der Waals surface area contributed by atoms with Crippen LogP contribution < -0.4 is 0 Å². The number of imide groups is 1. The quantitative estimate of drug-likeness (QED) is 0.739. The summed E-state index contributed by atoms with van der Waals surface area (Å²) >= 11 is 0. The smallest absolute Gasteiger partial charge is 0.262 e. The second-order valence-electron chi connectivity index (χ2n) is 5.05. The number of carbonyl (C=O) groups excluding carboxylic acids is 2. The zero-order chi connectivity index (χ0) is 12.2. The van der Waals surface area contributed by atoms with E-state index in [4.69, 9.17) is 0 Å². The first kappa shape index (κ1) is 10.5. The molecule has 0 saturated heterocycles. The Bertz CT molecular complexity index is 482. The third-order valence-electron chi connectivity index (χ3n) is 3.68. The van der Waals surface area contributed by atoms with Crippen LogP contribution in [0.3, 0.4) is 0 Å². The van der Waals surface area contributed by atoms with Gasteiger partial charge in [0, 0.05) is 0 Å². The van der Waals surface area contributed by atoms with Crippen molar-refractivity contribution in [3.63, 3.8) is 0 Å². The Kier molecular flexibility index (Phi) is 1.95. The number of amides is 2. The summed E-state index contributed by atoms with van der Waals surface area (Å²) < 4.78 is 0. The molecule has 0 aromatic heterocycles. The molecule has 2 aliphatic rings. The Morgan fingerprint density at radius 3 is 2.06 bits per heavy atom. The lowest BCUT2D eigenvalue weighted by Gasteiger charge is -2.47. The van der Waals surface area contributed by atoms with Crippen LogP contribution in [0.15, 0.2) is 24.3 Å². The van der Waals surface area contributed by atoms with E-state index in [1.165, 1.54) is 4.90 Å². The fraction of sp³-hybridized carbons (Fsp3) is 0.385.